The molecule has 152 valence electrons. The Kier molecular flexibility index (Phi) is 5.97. The van der Waals surface area contributed by atoms with Crippen LogP contribution in [0, 0.1) is 0 Å². The van der Waals surface area contributed by atoms with Crippen molar-refractivity contribution in [2.24, 2.45) is 0 Å². The van der Waals surface area contributed by atoms with Crippen molar-refractivity contribution in [3.05, 3.63) is 95.1 Å². The van der Waals surface area contributed by atoms with Crippen LogP contribution in [0.5, 0.6) is 11.5 Å². The van der Waals surface area contributed by atoms with Gasteiger partial charge in [-0.2, -0.15) is 0 Å². The molecule has 0 bridgehead atoms. The van der Waals surface area contributed by atoms with Crippen molar-refractivity contribution in [2.45, 2.75) is 11.7 Å². The number of thiol groups is 1. The molecule has 4 nitrogen and oxygen atoms in total. The highest BCUT2D eigenvalue weighted by molar-refractivity contribution is 7.79. The molecule has 0 spiro atoms. The van der Waals surface area contributed by atoms with E-state index in [1.54, 1.807) is 12.5 Å². The number of allylic oxidation sites excluding steroid dienone is 1. The normalized spacial score (nSPS) is 15.5. The van der Waals surface area contributed by atoms with Crippen LogP contribution in [0.1, 0.15) is 28.2 Å². The SMILES string of the molecule is COc1ccccc1C1=C(c2ccc(C[SH](=O)=O)cc2)Oc2ccccc2C1C=S. The van der Waals surface area contributed by atoms with Crippen molar-refractivity contribution in [1.82, 2.24) is 0 Å². The van der Waals surface area contributed by atoms with Gasteiger partial charge in [0.25, 0.3) is 0 Å². The van der Waals surface area contributed by atoms with E-state index in [9.17, 15) is 8.42 Å². The summed E-state index contributed by atoms with van der Waals surface area (Å²) >= 11 is 5.45. The second-order valence-electron chi connectivity index (χ2n) is 6.88. The Hall–Kier alpha value is -2.96. The van der Waals surface area contributed by atoms with Gasteiger partial charge < -0.3 is 9.47 Å². The Labute approximate surface area is 182 Å². The third-order valence-electron chi connectivity index (χ3n) is 5.08. The number of thiocarbonyl (C=S) groups is 1. The standard InChI is InChI=1S/C24H20O4S2/c1-27-21-8-4-3-7-19(21)23-20(14-29)18-6-2-5-9-22(18)28-24(23)17-12-10-16(11-13-17)15-30(25)26/h2-14,20,30H,15H2,1H3. The lowest BCUT2D eigenvalue weighted by atomic mass is 9.83. The lowest BCUT2D eigenvalue weighted by molar-refractivity contribution is 0.413. The molecule has 0 radical (unpaired) electrons. The van der Waals surface area contributed by atoms with E-state index in [1.807, 2.05) is 72.8 Å². The number of rotatable bonds is 6. The molecule has 0 fully saturated rings. The molecule has 0 amide bonds. The number of hydrogen-bond acceptors (Lipinski definition) is 5. The van der Waals surface area contributed by atoms with Crippen molar-refractivity contribution in [2.75, 3.05) is 7.11 Å². The molecule has 0 aromatic heterocycles. The Balaban J connectivity index is 1.94. The minimum atomic E-state index is -2.48. The zero-order chi connectivity index (χ0) is 21.1. The van der Waals surface area contributed by atoms with E-state index in [4.69, 9.17) is 21.7 Å². The molecule has 30 heavy (non-hydrogen) atoms. The summed E-state index contributed by atoms with van der Waals surface area (Å²) in [5.41, 5.74) is 4.40. The van der Waals surface area contributed by atoms with Crippen LogP contribution in [0.2, 0.25) is 0 Å². The summed E-state index contributed by atoms with van der Waals surface area (Å²) in [6.45, 7) is 0. The van der Waals surface area contributed by atoms with Crippen LogP contribution in [-0.2, 0) is 16.5 Å². The molecule has 0 saturated heterocycles. The average molecular weight is 437 g/mol. The highest BCUT2D eigenvalue weighted by atomic mass is 32.2. The van der Waals surface area contributed by atoms with E-state index in [0.29, 0.717) is 5.76 Å². The maximum absolute atomic E-state index is 11.1. The van der Waals surface area contributed by atoms with E-state index < -0.39 is 10.7 Å². The van der Waals surface area contributed by atoms with Crippen LogP contribution in [0.15, 0.2) is 72.8 Å². The number of benzene rings is 3. The predicted molar refractivity (Wildman–Crippen MR) is 124 cm³/mol. The van der Waals surface area contributed by atoms with Gasteiger partial charge in [-0.05, 0) is 23.1 Å². The van der Waals surface area contributed by atoms with Gasteiger partial charge in [-0.15, -0.1) is 0 Å². The quantitative estimate of drug-likeness (QED) is 0.442. The van der Waals surface area contributed by atoms with Crippen molar-refractivity contribution in [1.29, 1.82) is 0 Å². The summed E-state index contributed by atoms with van der Waals surface area (Å²) in [5.74, 6) is 2.02. The van der Waals surface area contributed by atoms with E-state index in [2.05, 4.69) is 0 Å². The second-order valence-corrected chi connectivity index (χ2v) is 8.14. The highest BCUT2D eigenvalue weighted by Gasteiger charge is 2.31. The van der Waals surface area contributed by atoms with Gasteiger partial charge >= 0.3 is 0 Å². The van der Waals surface area contributed by atoms with E-state index in [1.165, 1.54) is 0 Å². The Morgan fingerprint density at radius 3 is 2.40 bits per heavy atom. The van der Waals surface area contributed by atoms with E-state index >= 15 is 0 Å². The van der Waals surface area contributed by atoms with E-state index in [-0.39, 0.29) is 11.7 Å². The largest absolute Gasteiger partial charge is 0.496 e. The zero-order valence-electron chi connectivity index (χ0n) is 16.3. The minimum absolute atomic E-state index is 0.0142. The topological polar surface area (TPSA) is 52.6 Å². The lowest BCUT2D eigenvalue weighted by Gasteiger charge is -2.30. The third-order valence-corrected chi connectivity index (χ3v) is 5.98. The molecular formula is C24H20O4S2. The van der Waals surface area contributed by atoms with Gasteiger partial charge in [-0.1, -0.05) is 72.9 Å². The molecule has 4 rings (SSSR count). The molecule has 0 aliphatic carbocycles. The number of para-hydroxylation sites is 2. The molecule has 3 aromatic rings. The first-order chi connectivity index (χ1) is 14.6. The van der Waals surface area contributed by atoms with Crippen LogP contribution in [-0.4, -0.2) is 20.9 Å². The van der Waals surface area contributed by atoms with Crippen LogP contribution >= 0.6 is 12.2 Å². The Bertz CT molecular complexity index is 1190. The van der Waals surface area contributed by atoms with Crippen molar-refractivity contribution >= 4 is 39.6 Å². The van der Waals surface area contributed by atoms with Gasteiger partial charge in [-0.3, -0.25) is 0 Å². The molecule has 3 aromatic carbocycles. The summed E-state index contributed by atoms with van der Waals surface area (Å²) in [6.07, 6.45) is 0. The van der Waals surface area contributed by atoms with Crippen LogP contribution in [0.4, 0.5) is 0 Å². The van der Waals surface area contributed by atoms with Gasteiger partial charge in [0.15, 0.2) is 0 Å². The molecule has 1 aliphatic heterocycles. The maximum atomic E-state index is 11.1. The summed E-state index contributed by atoms with van der Waals surface area (Å²) in [5, 5.41) is 1.75. The second kappa shape index (κ2) is 8.81. The van der Waals surface area contributed by atoms with Crippen LogP contribution in [0.25, 0.3) is 11.3 Å². The summed E-state index contributed by atoms with van der Waals surface area (Å²) < 4.78 is 34.1. The summed E-state index contributed by atoms with van der Waals surface area (Å²) in [7, 11) is -0.835. The summed E-state index contributed by atoms with van der Waals surface area (Å²) in [6, 6.07) is 23.0. The van der Waals surface area contributed by atoms with Gasteiger partial charge in [-0.25, -0.2) is 8.42 Å². The van der Waals surface area contributed by atoms with Gasteiger partial charge in [0.2, 0.25) is 0 Å². The van der Waals surface area contributed by atoms with Crippen LogP contribution in [0.3, 0.4) is 0 Å². The first-order valence-corrected chi connectivity index (χ1v) is 11.3. The van der Waals surface area contributed by atoms with Crippen LogP contribution < -0.4 is 9.47 Å². The highest BCUT2D eigenvalue weighted by Crippen LogP contribution is 2.47. The number of hydrogen-bond donors (Lipinski definition) is 1. The van der Waals surface area contributed by atoms with Gasteiger partial charge in [0, 0.05) is 28.2 Å². The van der Waals surface area contributed by atoms with Crippen molar-refractivity contribution in [3.63, 3.8) is 0 Å². The average Bonchev–Trinajstić information content (AvgIpc) is 2.78. The zero-order valence-corrected chi connectivity index (χ0v) is 18.0. The third kappa shape index (κ3) is 3.88. The molecule has 1 atom stereocenters. The number of ether oxygens (including phenoxy) is 2. The molecular weight excluding hydrogens is 416 g/mol. The maximum Gasteiger partial charge on any atom is 0.144 e. The minimum Gasteiger partial charge on any atom is -0.496 e. The fraction of sp³-hybridized carbons (Fsp3) is 0.125. The molecule has 6 heteroatoms. The molecule has 1 unspecified atom stereocenters. The Morgan fingerprint density at radius 1 is 1.00 bits per heavy atom. The summed E-state index contributed by atoms with van der Waals surface area (Å²) in [4.78, 5) is 0. The molecule has 1 aliphatic rings. The van der Waals surface area contributed by atoms with Crippen molar-refractivity contribution < 1.29 is 17.9 Å². The first kappa shape index (κ1) is 20.3. The molecule has 1 heterocycles. The Morgan fingerprint density at radius 2 is 1.70 bits per heavy atom. The number of fused-ring (bicyclic) bond motifs is 1. The van der Waals surface area contributed by atoms with Crippen molar-refractivity contribution in [3.8, 4) is 11.5 Å². The molecule has 0 saturated carbocycles. The molecule has 0 N–H and O–H groups in total. The monoisotopic (exact) mass is 436 g/mol. The van der Waals surface area contributed by atoms with E-state index in [0.717, 1.165) is 39.3 Å². The fourth-order valence-corrected chi connectivity index (χ4v) is 4.51. The fourth-order valence-electron chi connectivity index (χ4n) is 3.72. The lowest BCUT2D eigenvalue weighted by Crippen LogP contribution is -2.15. The smallest absolute Gasteiger partial charge is 0.144 e. The first-order valence-electron chi connectivity index (χ1n) is 9.43. The number of methoxy groups -OCH3 is 1. The van der Waals surface area contributed by atoms with Gasteiger partial charge in [0.1, 0.15) is 28.0 Å². The predicted octanol–water partition coefficient (Wildman–Crippen LogP) is 4.85. The van der Waals surface area contributed by atoms with Gasteiger partial charge in [0.05, 0.1) is 12.9 Å².